The zero-order valence-corrected chi connectivity index (χ0v) is 10.1. The first-order valence-electron chi connectivity index (χ1n) is 6.03. The first-order chi connectivity index (χ1) is 7.77. The van der Waals surface area contributed by atoms with Crippen LogP contribution in [0, 0.1) is 12.8 Å². The largest absolute Gasteiger partial charge is 0.381 e. The number of ether oxygens (including phenoxy) is 1. The molecule has 1 aromatic rings. The summed E-state index contributed by atoms with van der Waals surface area (Å²) in [5, 5.41) is 3.56. The minimum absolute atomic E-state index is 0.492. The van der Waals surface area contributed by atoms with Gasteiger partial charge in [0, 0.05) is 25.5 Å². The van der Waals surface area contributed by atoms with E-state index in [0.29, 0.717) is 12.0 Å². The van der Waals surface area contributed by atoms with E-state index in [0.717, 1.165) is 37.4 Å². The Balaban J connectivity index is 1.96. The number of aryl methyl sites for hydroxylation is 1. The number of nitrogens with zero attached hydrogens (tertiary/aromatic N) is 1. The molecule has 0 saturated carbocycles. The van der Waals surface area contributed by atoms with E-state index in [9.17, 15) is 0 Å². The van der Waals surface area contributed by atoms with Gasteiger partial charge in [-0.25, -0.2) is 0 Å². The van der Waals surface area contributed by atoms with Crippen LogP contribution < -0.4 is 5.32 Å². The standard InChI is InChI=1S/C13H20N2O/c1-10(12-5-8-16-9-6-12)15-13-4-3-7-14-11(13)2/h3-4,7,10,12,15H,5-6,8-9H2,1-2H3. The van der Waals surface area contributed by atoms with Crippen molar-refractivity contribution < 1.29 is 4.74 Å². The molecule has 16 heavy (non-hydrogen) atoms. The maximum Gasteiger partial charge on any atom is 0.0603 e. The van der Waals surface area contributed by atoms with Gasteiger partial charge < -0.3 is 10.1 Å². The second-order valence-electron chi connectivity index (χ2n) is 4.52. The second kappa shape index (κ2) is 5.30. The fourth-order valence-electron chi connectivity index (χ4n) is 2.22. The first-order valence-corrected chi connectivity index (χ1v) is 6.03. The van der Waals surface area contributed by atoms with E-state index in [1.807, 2.05) is 19.2 Å². The lowest BCUT2D eigenvalue weighted by Gasteiger charge is -2.29. The van der Waals surface area contributed by atoms with Gasteiger partial charge in [0.1, 0.15) is 0 Å². The van der Waals surface area contributed by atoms with Crippen molar-refractivity contribution in [2.24, 2.45) is 5.92 Å². The van der Waals surface area contributed by atoms with Crippen LogP contribution in [0.4, 0.5) is 5.69 Å². The molecule has 3 heteroatoms. The highest BCUT2D eigenvalue weighted by atomic mass is 16.5. The zero-order chi connectivity index (χ0) is 11.4. The molecule has 0 bridgehead atoms. The van der Waals surface area contributed by atoms with E-state index in [1.165, 1.54) is 0 Å². The molecule has 0 amide bonds. The number of aromatic nitrogens is 1. The van der Waals surface area contributed by atoms with Crippen LogP contribution >= 0.6 is 0 Å². The van der Waals surface area contributed by atoms with Crippen LogP contribution in [0.3, 0.4) is 0 Å². The maximum absolute atomic E-state index is 5.38. The topological polar surface area (TPSA) is 34.2 Å². The number of hydrogen-bond acceptors (Lipinski definition) is 3. The highest BCUT2D eigenvalue weighted by Gasteiger charge is 2.20. The molecule has 1 N–H and O–H groups in total. The Morgan fingerprint density at radius 3 is 2.88 bits per heavy atom. The van der Waals surface area contributed by atoms with Gasteiger partial charge in [0.05, 0.1) is 11.4 Å². The third kappa shape index (κ3) is 2.73. The normalized spacial score (nSPS) is 19.4. The lowest BCUT2D eigenvalue weighted by atomic mass is 9.93. The van der Waals surface area contributed by atoms with Crippen LogP contribution in [0.2, 0.25) is 0 Å². The van der Waals surface area contributed by atoms with Crippen molar-refractivity contribution in [2.75, 3.05) is 18.5 Å². The first kappa shape index (κ1) is 11.4. The summed E-state index contributed by atoms with van der Waals surface area (Å²) in [7, 11) is 0. The van der Waals surface area contributed by atoms with E-state index in [1.54, 1.807) is 0 Å². The number of anilines is 1. The summed E-state index contributed by atoms with van der Waals surface area (Å²) < 4.78 is 5.38. The van der Waals surface area contributed by atoms with Crippen molar-refractivity contribution in [3.8, 4) is 0 Å². The third-order valence-corrected chi connectivity index (χ3v) is 3.36. The van der Waals surface area contributed by atoms with E-state index >= 15 is 0 Å². The van der Waals surface area contributed by atoms with Crippen molar-refractivity contribution in [3.05, 3.63) is 24.0 Å². The molecule has 0 radical (unpaired) electrons. The quantitative estimate of drug-likeness (QED) is 0.850. The van der Waals surface area contributed by atoms with Crippen molar-refractivity contribution in [1.82, 2.24) is 4.98 Å². The predicted molar refractivity (Wildman–Crippen MR) is 65.6 cm³/mol. The summed E-state index contributed by atoms with van der Waals surface area (Å²) in [6.45, 7) is 6.10. The molecule has 0 aliphatic carbocycles. The van der Waals surface area contributed by atoms with Gasteiger partial charge in [-0.05, 0) is 44.7 Å². The van der Waals surface area contributed by atoms with Crippen molar-refractivity contribution in [3.63, 3.8) is 0 Å². The van der Waals surface area contributed by atoms with Gasteiger partial charge in [-0.15, -0.1) is 0 Å². The highest BCUT2D eigenvalue weighted by molar-refractivity contribution is 5.47. The highest BCUT2D eigenvalue weighted by Crippen LogP contribution is 2.22. The Hall–Kier alpha value is -1.09. The molecule has 1 fully saturated rings. The molecule has 1 aromatic heterocycles. The van der Waals surface area contributed by atoms with Gasteiger partial charge in [-0.1, -0.05) is 0 Å². The lowest BCUT2D eigenvalue weighted by molar-refractivity contribution is 0.0622. The lowest BCUT2D eigenvalue weighted by Crippen LogP contribution is -2.31. The molecule has 1 atom stereocenters. The monoisotopic (exact) mass is 220 g/mol. The average molecular weight is 220 g/mol. The summed E-state index contributed by atoms with van der Waals surface area (Å²) in [5.74, 6) is 0.716. The molecule has 88 valence electrons. The molecule has 0 spiro atoms. The fourth-order valence-corrected chi connectivity index (χ4v) is 2.22. The van der Waals surface area contributed by atoms with E-state index in [4.69, 9.17) is 4.74 Å². The zero-order valence-electron chi connectivity index (χ0n) is 10.1. The van der Waals surface area contributed by atoms with Gasteiger partial charge in [0.15, 0.2) is 0 Å². The average Bonchev–Trinajstić information content (AvgIpc) is 2.33. The SMILES string of the molecule is Cc1ncccc1NC(C)C1CCOCC1. The van der Waals surface area contributed by atoms with Crippen molar-refractivity contribution >= 4 is 5.69 Å². The molecule has 2 rings (SSSR count). The van der Waals surface area contributed by atoms with Crippen LogP contribution in [0.5, 0.6) is 0 Å². The van der Waals surface area contributed by atoms with Crippen LogP contribution in [0.15, 0.2) is 18.3 Å². The molecule has 1 unspecified atom stereocenters. The van der Waals surface area contributed by atoms with Gasteiger partial charge in [-0.2, -0.15) is 0 Å². The van der Waals surface area contributed by atoms with Gasteiger partial charge in [0.25, 0.3) is 0 Å². The number of hydrogen-bond donors (Lipinski definition) is 1. The minimum Gasteiger partial charge on any atom is -0.381 e. The second-order valence-corrected chi connectivity index (χ2v) is 4.52. The molecule has 0 aromatic carbocycles. The summed E-state index contributed by atoms with van der Waals surface area (Å²) in [5.41, 5.74) is 2.22. The predicted octanol–water partition coefficient (Wildman–Crippen LogP) is 2.62. The number of pyridine rings is 1. The van der Waals surface area contributed by atoms with Crippen LogP contribution in [0.25, 0.3) is 0 Å². The maximum atomic E-state index is 5.38. The van der Waals surface area contributed by atoms with Gasteiger partial charge in [0.2, 0.25) is 0 Å². The third-order valence-electron chi connectivity index (χ3n) is 3.36. The van der Waals surface area contributed by atoms with E-state index in [2.05, 4.69) is 23.3 Å². The van der Waals surface area contributed by atoms with Crippen LogP contribution in [-0.2, 0) is 4.74 Å². The van der Waals surface area contributed by atoms with Gasteiger partial charge >= 0.3 is 0 Å². The summed E-state index contributed by atoms with van der Waals surface area (Å²) in [4.78, 5) is 4.29. The molecule has 1 aliphatic heterocycles. The molecular formula is C13H20N2O. The number of nitrogens with one attached hydrogen (secondary N) is 1. The molecule has 1 saturated heterocycles. The Morgan fingerprint density at radius 2 is 2.19 bits per heavy atom. The summed E-state index contributed by atoms with van der Waals surface area (Å²) in [6, 6.07) is 4.57. The molecule has 1 aliphatic rings. The Kier molecular flexibility index (Phi) is 3.78. The van der Waals surface area contributed by atoms with Crippen molar-refractivity contribution in [1.29, 1.82) is 0 Å². The Bertz CT molecular complexity index is 334. The molecule has 3 nitrogen and oxygen atoms in total. The number of rotatable bonds is 3. The van der Waals surface area contributed by atoms with Crippen LogP contribution in [-0.4, -0.2) is 24.2 Å². The smallest absolute Gasteiger partial charge is 0.0603 e. The minimum atomic E-state index is 0.492. The van der Waals surface area contributed by atoms with Crippen LogP contribution in [0.1, 0.15) is 25.5 Å². The Morgan fingerprint density at radius 1 is 1.44 bits per heavy atom. The van der Waals surface area contributed by atoms with E-state index in [-0.39, 0.29) is 0 Å². The fraction of sp³-hybridized carbons (Fsp3) is 0.615. The molecule has 2 heterocycles. The Labute approximate surface area is 97.2 Å². The van der Waals surface area contributed by atoms with Crippen molar-refractivity contribution in [2.45, 2.75) is 32.7 Å². The molecular weight excluding hydrogens is 200 g/mol. The van der Waals surface area contributed by atoms with E-state index < -0.39 is 0 Å². The summed E-state index contributed by atoms with van der Waals surface area (Å²) >= 11 is 0. The summed E-state index contributed by atoms with van der Waals surface area (Å²) in [6.07, 6.45) is 4.15. The van der Waals surface area contributed by atoms with Gasteiger partial charge in [-0.3, -0.25) is 4.98 Å².